The smallest absolute Gasteiger partial charge is 0.250 e. The van der Waals surface area contributed by atoms with Crippen LogP contribution in [0.5, 0.6) is 0 Å². The molecule has 3 rings (SSSR count). The summed E-state index contributed by atoms with van der Waals surface area (Å²) in [7, 11) is 0. The van der Waals surface area contributed by atoms with E-state index in [2.05, 4.69) is 0 Å². The van der Waals surface area contributed by atoms with E-state index in [1.165, 1.54) is 0 Å². The monoisotopic (exact) mass is 328 g/mol. The number of carbonyl (C=O) groups excluding carboxylic acids is 2. The second-order valence-electron chi connectivity index (χ2n) is 6.33. The minimum atomic E-state index is -0.324. The zero-order valence-corrected chi connectivity index (χ0v) is 14.1. The van der Waals surface area contributed by atoms with E-state index in [0.29, 0.717) is 38.4 Å². The molecule has 5 heteroatoms. The fourth-order valence-electron chi connectivity index (χ4n) is 3.35. The molecule has 2 fully saturated rings. The predicted octanol–water partition coefficient (Wildman–Crippen LogP) is 1.94. The first-order chi connectivity index (χ1) is 11.7. The molecule has 5 nitrogen and oxygen atoms in total. The SMILES string of the molecule is C/C(=C\c1ccccc1)C(=O)N1CCC[C@H]1C(=O)N1CCOCC1. The zero-order chi connectivity index (χ0) is 16.9. The van der Waals surface area contributed by atoms with E-state index in [1.54, 1.807) is 4.90 Å². The Bertz CT molecular complexity index is 621. The lowest BCUT2D eigenvalue weighted by Crippen LogP contribution is -2.51. The van der Waals surface area contributed by atoms with E-state index in [9.17, 15) is 9.59 Å². The minimum absolute atomic E-state index is 0.0389. The van der Waals surface area contributed by atoms with Crippen LogP contribution in [0.4, 0.5) is 0 Å². The van der Waals surface area contributed by atoms with Gasteiger partial charge in [0, 0.05) is 25.2 Å². The predicted molar refractivity (Wildman–Crippen MR) is 92.2 cm³/mol. The molecule has 128 valence electrons. The van der Waals surface area contributed by atoms with Gasteiger partial charge in [-0.3, -0.25) is 9.59 Å². The Kier molecular flexibility index (Phi) is 5.30. The van der Waals surface area contributed by atoms with Crippen molar-refractivity contribution in [3.05, 3.63) is 41.5 Å². The second kappa shape index (κ2) is 7.62. The molecule has 0 aliphatic carbocycles. The van der Waals surface area contributed by atoms with Crippen molar-refractivity contribution in [3.63, 3.8) is 0 Å². The summed E-state index contributed by atoms with van der Waals surface area (Å²) in [6, 6.07) is 9.46. The molecule has 0 radical (unpaired) electrons. The Morgan fingerprint density at radius 2 is 1.83 bits per heavy atom. The highest BCUT2D eigenvalue weighted by Crippen LogP contribution is 2.22. The van der Waals surface area contributed by atoms with Gasteiger partial charge in [-0.1, -0.05) is 30.3 Å². The molecule has 2 amide bonds. The van der Waals surface area contributed by atoms with Gasteiger partial charge in [0.05, 0.1) is 13.2 Å². The molecule has 0 aromatic heterocycles. The number of ether oxygens (including phenoxy) is 1. The quantitative estimate of drug-likeness (QED) is 0.797. The third kappa shape index (κ3) is 3.67. The molecule has 0 bridgehead atoms. The molecule has 24 heavy (non-hydrogen) atoms. The molecule has 2 heterocycles. The number of carbonyl (C=O) groups is 2. The summed E-state index contributed by atoms with van der Waals surface area (Å²) in [5.41, 5.74) is 1.67. The number of likely N-dealkylation sites (tertiary alicyclic amines) is 1. The molecule has 2 saturated heterocycles. The Balaban J connectivity index is 1.71. The van der Waals surface area contributed by atoms with Gasteiger partial charge in [-0.05, 0) is 31.4 Å². The maximum atomic E-state index is 12.8. The van der Waals surface area contributed by atoms with Crippen LogP contribution in [-0.2, 0) is 14.3 Å². The number of hydrogen-bond acceptors (Lipinski definition) is 3. The molecule has 1 atom stereocenters. The third-order valence-electron chi connectivity index (χ3n) is 4.64. The number of morpholine rings is 1. The largest absolute Gasteiger partial charge is 0.378 e. The van der Waals surface area contributed by atoms with E-state index >= 15 is 0 Å². The van der Waals surface area contributed by atoms with Gasteiger partial charge in [-0.2, -0.15) is 0 Å². The lowest BCUT2D eigenvalue weighted by molar-refractivity contribution is -0.144. The van der Waals surface area contributed by atoms with E-state index in [-0.39, 0.29) is 17.9 Å². The van der Waals surface area contributed by atoms with Crippen LogP contribution >= 0.6 is 0 Å². The van der Waals surface area contributed by atoms with Gasteiger partial charge < -0.3 is 14.5 Å². The van der Waals surface area contributed by atoms with E-state index < -0.39 is 0 Å². The highest BCUT2D eigenvalue weighted by Gasteiger charge is 2.37. The molecular formula is C19H24N2O3. The summed E-state index contributed by atoms with van der Waals surface area (Å²) in [4.78, 5) is 29.1. The minimum Gasteiger partial charge on any atom is -0.378 e. The molecule has 0 N–H and O–H groups in total. The third-order valence-corrected chi connectivity index (χ3v) is 4.64. The van der Waals surface area contributed by atoms with E-state index in [0.717, 1.165) is 18.4 Å². The van der Waals surface area contributed by atoms with Gasteiger partial charge >= 0.3 is 0 Å². The van der Waals surface area contributed by atoms with Gasteiger partial charge in [-0.25, -0.2) is 0 Å². The maximum absolute atomic E-state index is 12.8. The number of hydrogen-bond donors (Lipinski definition) is 0. The molecule has 2 aliphatic rings. The first kappa shape index (κ1) is 16.7. The Morgan fingerprint density at radius 3 is 2.54 bits per heavy atom. The standard InChI is InChI=1S/C19H24N2O3/c1-15(14-16-6-3-2-4-7-16)18(22)21-9-5-8-17(21)19(23)20-10-12-24-13-11-20/h2-4,6-7,14,17H,5,8-13H2,1H3/b15-14+/t17-/m0/s1. The van der Waals surface area contributed by atoms with Crippen LogP contribution in [0, 0.1) is 0 Å². The van der Waals surface area contributed by atoms with E-state index in [4.69, 9.17) is 4.74 Å². The van der Waals surface area contributed by atoms with Gasteiger partial charge in [0.1, 0.15) is 6.04 Å². The zero-order valence-electron chi connectivity index (χ0n) is 14.1. The van der Waals surface area contributed by atoms with Crippen LogP contribution in [0.2, 0.25) is 0 Å². The first-order valence-corrected chi connectivity index (χ1v) is 8.57. The van der Waals surface area contributed by atoms with Crippen molar-refractivity contribution in [2.75, 3.05) is 32.8 Å². The van der Waals surface area contributed by atoms with Gasteiger partial charge in [0.25, 0.3) is 0 Å². The van der Waals surface area contributed by atoms with Crippen LogP contribution < -0.4 is 0 Å². The van der Waals surface area contributed by atoms with Crippen molar-refractivity contribution in [2.24, 2.45) is 0 Å². The highest BCUT2D eigenvalue weighted by atomic mass is 16.5. The van der Waals surface area contributed by atoms with Crippen molar-refractivity contribution >= 4 is 17.9 Å². The Hall–Kier alpha value is -2.14. The molecule has 1 aromatic carbocycles. The highest BCUT2D eigenvalue weighted by molar-refractivity contribution is 6.00. The molecule has 0 saturated carbocycles. The van der Waals surface area contributed by atoms with Crippen LogP contribution in [0.25, 0.3) is 6.08 Å². The lowest BCUT2D eigenvalue weighted by atomic mass is 10.1. The number of rotatable bonds is 3. The fourth-order valence-corrected chi connectivity index (χ4v) is 3.35. The lowest BCUT2D eigenvalue weighted by Gasteiger charge is -2.32. The molecule has 1 aromatic rings. The molecule has 2 aliphatic heterocycles. The Labute approximate surface area is 142 Å². The number of nitrogens with zero attached hydrogens (tertiary/aromatic N) is 2. The Morgan fingerprint density at radius 1 is 1.12 bits per heavy atom. The number of amides is 2. The van der Waals surface area contributed by atoms with Crippen LogP contribution in [0.15, 0.2) is 35.9 Å². The normalized spacial score (nSPS) is 21.9. The second-order valence-corrected chi connectivity index (χ2v) is 6.33. The molecular weight excluding hydrogens is 304 g/mol. The van der Waals surface area contributed by atoms with Crippen LogP contribution in [0.3, 0.4) is 0 Å². The van der Waals surface area contributed by atoms with Crippen molar-refractivity contribution in [2.45, 2.75) is 25.8 Å². The van der Waals surface area contributed by atoms with Crippen molar-refractivity contribution in [1.82, 2.24) is 9.80 Å². The number of benzene rings is 1. The van der Waals surface area contributed by atoms with Gasteiger partial charge in [0.15, 0.2) is 0 Å². The molecule has 0 unspecified atom stereocenters. The van der Waals surface area contributed by atoms with Crippen molar-refractivity contribution in [1.29, 1.82) is 0 Å². The summed E-state index contributed by atoms with van der Waals surface area (Å²) in [6.07, 6.45) is 3.52. The summed E-state index contributed by atoms with van der Waals surface area (Å²) in [6.45, 7) is 4.88. The van der Waals surface area contributed by atoms with Gasteiger partial charge in [0.2, 0.25) is 11.8 Å². The van der Waals surface area contributed by atoms with Crippen molar-refractivity contribution in [3.8, 4) is 0 Å². The summed E-state index contributed by atoms with van der Waals surface area (Å²) in [5, 5.41) is 0. The van der Waals surface area contributed by atoms with E-state index in [1.807, 2.05) is 48.2 Å². The van der Waals surface area contributed by atoms with Crippen LogP contribution in [0.1, 0.15) is 25.3 Å². The first-order valence-electron chi connectivity index (χ1n) is 8.57. The summed E-state index contributed by atoms with van der Waals surface area (Å²) >= 11 is 0. The topological polar surface area (TPSA) is 49.9 Å². The average molecular weight is 328 g/mol. The summed E-state index contributed by atoms with van der Waals surface area (Å²) in [5.74, 6) is 0.0274. The molecule has 0 spiro atoms. The van der Waals surface area contributed by atoms with Gasteiger partial charge in [-0.15, -0.1) is 0 Å². The summed E-state index contributed by atoms with van der Waals surface area (Å²) < 4.78 is 5.31. The average Bonchev–Trinajstić information content (AvgIpc) is 3.11. The van der Waals surface area contributed by atoms with Crippen molar-refractivity contribution < 1.29 is 14.3 Å². The van der Waals surface area contributed by atoms with Crippen LogP contribution in [-0.4, -0.2) is 60.5 Å². The fraction of sp³-hybridized carbons (Fsp3) is 0.474. The maximum Gasteiger partial charge on any atom is 0.250 e.